The van der Waals surface area contributed by atoms with E-state index in [1.54, 1.807) is 30.6 Å². The van der Waals surface area contributed by atoms with Crippen LogP contribution in [0.4, 0.5) is 0 Å². The summed E-state index contributed by atoms with van der Waals surface area (Å²) in [4.78, 5) is 63.7. The number of fused-ring (bicyclic) bond motifs is 5. The summed E-state index contributed by atoms with van der Waals surface area (Å²) in [5.41, 5.74) is 0.370. The maximum Gasteiger partial charge on any atom is 0.355 e. The van der Waals surface area contributed by atoms with Crippen LogP contribution in [0.2, 0.25) is 0 Å². The summed E-state index contributed by atoms with van der Waals surface area (Å²) in [6.45, 7) is 4.05. The van der Waals surface area contributed by atoms with Crippen molar-refractivity contribution in [3.63, 3.8) is 0 Å². The number of esters is 2. The van der Waals surface area contributed by atoms with E-state index in [0.29, 0.717) is 17.5 Å². The minimum Gasteiger partial charge on any atom is -0.457 e. The number of rotatable bonds is 10. The number of cyclic esters (lactones) is 1. The van der Waals surface area contributed by atoms with E-state index in [2.05, 4.69) is 22.9 Å². The number of aryl methyl sites for hydroxylation is 1. The van der Waals surface area contributed by atoms with Crippen molar-refractivity contribution in [1.82, 2.24) is 29.2 Å². The lowest BCUT2D eigenvalue weighted by Crippen LogP contribution is -2.48. The van der Waals surface area contributed by atoms with Gasteiger partial charge in [-0.25, -0.2) is 14.8 Å². The zero-order valence-electron chi connectivity index (χ0n) is 25.8. The number of halogens is 1. The lowest BCUT2D eigenvalue weighted by molar-refractivity contribution is -0.190. The van der Waals surface area contributed by atoms with E-state index in [1.165, 1.54) is 11.9 Å². The van der Waals surface area contributed by atoms with E-state index < -0.39 is 17.5 Å². The van der Waals surface area contributed by atoms with Crippen LogP contribution >= 0.6 is 12.4 Å². The normalized spacial score (nSPS) is 16.8. The summed E-state index contributed by atoms with van der Waals surface area (Å²) < 4.78 is 15.0. The zero-order valence-corrected chi connectivity index (χ0v) is 26.7. The molecule has 0 saturated heterocycles. The van der Waals surface area contributed by atoms with Crippen molar-refractivity contribution in [1.29, 1.82) is 0 Å². The number of unbranched alkanes of at least 4 members (excludes halogenated alkanes) is 2. The van der Waals surface area contributed by atoms with Gasteiger partial charge in [-0.1, -0.05) is 38.8 Å². The van der Waals surface area contributed by atoms with Gasteiger partial charge in [0, 0.05) is 36.1 Å². The number of aromatic nitrogens is 4. The molecule has 0 unspecified atom stereocenters. The van der Waals surface area contributed by atoms with Crippen LogP contribution in [0.1, 0.15) is 57.1 Å². The van der Waals surface area contributed by atoms with Crippen molar-refractivity contribution in [2.24, 2.45) is 0 Å². The van der Waals surface area contributed by atoms with E-state index in [0.717, 1.165) is 52.8 Å². The fourth-order valence-electron chi connectivity index (χ4n) is 6.28. The number of likely N-dealkylation sites (N-methyl/N-ethyl adjacent to an activating group) is 2. The molecule has 6 rings (SSSR count). The molecule has 1 aliphatic heterocycles. The predicted octanol–water partition coefficient (Wildman–Crippen LogP) is 1.66. The second-order valence-electron chi connectivity index (χ2n) is 11.4. The number of hydrogen-bond acceptors (Lipinski definition) is 9. The summed E-state index contributed by atoms with van der Waals surface area (Å²) in [6, 6.07) is 1.73. The van der Waals surface area contributed by atoms with Crippen LogP contribution in [0.3, 0.4) is 0 Å². The summed E-state index contributed by atoms with van der Waals surface area (Å²) in [7, 11) is 3.11. The first-order valence-corrected chi connectivity index (χ1v) is 15.1. The fourth-order valence-corrected chi connectivity index (χ4v) is 6.28. The second-order valence-corrected chi connectivity index (χ2v) is 11.4. The van der Waals surface area contributed by atoms with Gasteiger partial charge >= 0.3 is 11.9 Å². The molecule has 1 amide bonds. The van der Waals surface area contributed by atoms with Gasteiger partial charge in [0.15, 0.2) is 0 Å². The van der Waals surface area contributed by atoms with Gasteiger partial charge < -0.3 is 24.3 Å². The minimum atomic E-state index is -1.85. The monoisotopic (exact) mass is 636 g/mol. The van der Waals surface area contributed by atoms with E-state index in [9.17, 15) is 19.2 Å². The molecular formula is C32H37ClN6O6. The Kier molecular flexibility index (Phi) is 8.99. The van der Waals surface area contributed by atoms with E-state index >= 15 is 0 Å². The number of nitrogens with one attached hydrogen (secondary N) is 1. The predicted molar refractivity (Wildman–Crippen MR) is 171 cm³/mol. The Labute approximate surface area is 265 Å². The van der Waals surface area contributed by atoms with E-state index in [1.807, 2.05) is 12.4 Å². The average molecular weight is 637 g/mol. The zero-order chi connectivity index (χ0) is 31.2. The van der Waals surface area contributed by atoms with Gasteiger partial charge in [0.05, 0.1) is 45.7 Å². The lowest BCUT2D eigenvalue weighted by atomic mass is 9.86. The van der Waals surface area contributed by atoms with Gasteiger partial charge in [-0.3, -0.25) is 18.8 Å². The van der Waals surface area contributed by atoms with Crippen LogP contribution < -0.4 is 21.6 Å². The van der Waals surface area contributed by atoms with E-state index in [-0.39, 0.29) is 61.1 Å². The van der Waals surface area contributed by atoms with Crippen LogP contribution in [-0.2, 0) is 42.6 Å². The molecule has 4 aromatic heterocycles. The first-order chi connectivity index (χ1) is 21.2. The first kappa shape index (κ1) is 32.1. The number of carbonyl (C=O) groups is 3. The molecule has 12 nitrogen and oxygen atoms in total. The van der Waals surface area contributed by atoms with Crippen LogP contribution in [0.25, 0.3) is 39.5 Å². The summed E-state index contributed by atoms with van der Waals surface area (Å²) in [6.07, 6.45) is 11.6. The third kappa shape index (κ3) is 5.25. The number of pyridine rings is 2. The van der Waals surface area contributed by atoms with Crippen LogP contribution in [-0.4, -0.2) is 68.9 Å². The van der Waals surface area contributed by atoms with Gasteiger partial charge in [0.1, 0.15) is 13.2 Å². The summed E-state index contributed by atoms with van der Waals surface area (Å²) in [5, 5.41) is 6.15. The molecule has 2 aliphatic rings. The summed E-state index contributed by atoms with van der Waals surface area (Å²) in [5.74, 6) is -1.86. The number of hydrogen-bond donors (Lipinski definition) is 1. The number of amides is 1. The smallest absolute Gasteiger partial charge is 0.355 e. The Balaban J connectivity index is 0.00000400. The highest BCUT2D eigenvalue weighted by Crippen LogP contribution is 2.38. The van der Waals surface area contributed by atoms with Crippen molar-refractivity contribution in [2.75, 3.05) is 27.2 Å². The second kappa shape index (κ2) is 12.6. The Morgan fingerprint density at radius 1 is 1.18 bits per heavy atom. The third-order valence-corrected chi connectivity index (χ3v) is 8.60. The molecule has 1 aliphatic carbocycles. The Morgan fingerprint density at radius 2 is 1.96 bits per heavy atom. The minimum absolute atomic E-state index is 0. The van der Waals surface area contributed by atoms with Crippen molar-refractivity contribution in [3.8, 4) is 0 Å². The van der Waals surface area contributed by atoms with Gasteiger partial charge in [0.2, 0.25) is 11.5 Å². The molecule has 13 heteroatoms. The van der Waals surface area contributed by atoms with Crippen LogP contribution in [0.5, 0.6) is 0 Å². The van der Waals surface area contributed by atoms with Crippen molar-refractivity contribution >= 4 is 69.7 Å². The maximum atomic E-state index is 14.1. The standard InChI is InChI=1S/C32H36N6O6.ClH/c1-5-7-8-12-37-18-34-22-10-9-11-23-27(22)29(37)19-15-38-24(28(19)35-23)13-21-20(30(38)41)17-43-31(42)32(21,6-2)44-26(40)16-36(4)25(39)14-33-3;/h10-11,13,15,18,33H,5-9,12,14,16-17H2,1-4H3;1H/t32-;/m0./s1. The molecule has 0 fully saturated rings. The Bertz CT molecular complexity index is 2040. The van der Waals surface area contributed by atoms with Crippen molar-refractivity contribution in [2.45, 2.75) is 64.7 Å². The van der Waals surface area contributed by atoms with E-state index in [4.69, 9.17) is 19.4 Å². The molecule has 1 atom stereocenters. The summed E-state index contributed by atoms with van der Waals surface area (Å²) >= 11 is 0. The van der Waals surface area contributed by atoms with Crippen molar-refractivity contribution in [3.05, 3.63) is 50.8 Å². The quantitative estimate of drug-likeness (QED) is 0.204. The molecule has 1 N–H and O–H groups in total. The maximum absolute atomic E-state index is 14.1. The molecule has 0 radical (unpaired) electrons. The molecule has 4 aromatic rings. The molecule has 0 saturated carbocycles. The molecule has 0 aromatic carbocycles. The highest BCUT2D eigenvalue weighted by atomic mass is 35.5. The van der Waals surface area contributed by atoms with Crippen LogP contribution in [0, 0.1) is 0 Å². The Morgan fingerprint density at radius 3 is 2.69 bits per heavy atom. The lowest BCUT2D eigenvalue weighted by Gasteiger charge is -2.35. The molecule has 45 heavy (non-hydrogen) atoms. The van der Waals surface area contributed by atoms with Gasteiger partial charge in [-0.2, -0.15) is 0 Å². The number of nitrogens with zero attached hydrogens (tertiary/aromatic N) is 5. The highest BCUT2D eigenvalue weighted by Gasteiger charge is 2.50. The molecule has 5 heterocycles. The third-order valence-electron chi connectivity index (χ3n) is 8.60. The first-order valence-electron chi connectivity index (χ1n) is 15.1. The topological polar surface area (TPSA) is 137 Å². The van der Waals surface area contributed by atoms with Gasteiger partial charge in [0.25, 0.3) is 5.56 Å². The number of ether oxygens (including phenoxy) is 2. The molecule has 0 bridgehead atoms. The van der Waals surface area contributed by atoms with Gasteiger partial charge in [-0.15, -0.1) is 12.4 Å². The molecular weight excluding hydrogens is 600 g/mol. The largest absolute Gasteiger partial charge is 0.457 e. The fraction of sp³-hybridized carbons (Fsp3) is 0.438. The number of carbonyl (C=O) groups excluding carboxylic acids is 3. The van der Waals surface area contributed by atoms with Crippen LogP contribution in [0.15, 0.2) is 23.4 Å². The van der Waals surface area contributed by atoms with Crippen molar-refractivity contribution < 1.29 is 23.9 Å². The molecule has 238 valence electrons. The SMILES string of the molecule is CCCCCn1cnc2c3c(nc4c(cn5c(=O)c6c(cc45)[C@](CC)(OC(=O)CN(C)C(=O)CNC)C(=O)OC6)c31)=CCC=2.Cl. The highest BCUT2D eigenvalue weighted by molar-refractivity contribution is 6.10. The molecule has 0 spiro atoms. The Hall–Kier alpha value is -4.29. The van der Waals surface area contributed by atoms with Gasteiger partial charge in [-0.05, 0) is 32.4 Å². The average Bonchev–Trinajstić information content (AvgIpc) is 3.38.